The molecule has 0 bridgehead atoms. The molecule has 0 aromatic rings. The summed E-state index contributed by atoms with van der Waals surface area (Å²) < 4.78 is 0. The molecule has 1 N–H and O–H groups in total. The lowest BCUT2D eigenvalue weighted by atomic mass is 10.0. The summed E-state index contributed by atoms with van der Waals surface area (Å²) in [5.74, 6) is 0.307. The zero-order valence-electron chi connectivity index (χ0n) is 8.80. The van der Waals surface area contributed by atoms with Gasteiger partial charge in [-0.25, -0.2) is 0 Å². The lowest BCUT2D eigenvalue weighted by molar-refractivity contribution is 0.133. The minimum atomic E-state index is -1.05. The average Bonchev–Trinajstić information content (AvgIpc) is 1.97. The minimum absolute atomic E-state index is 0.186. The Morgan fingerprint density at radius 2 is 1.92 bits per heavy atom. The molecule has 0 saturated heterocycles. The SMILES string of the molecule is C=CC(C[Si](C)(C)C)C(O)CC. The summed E-state index contributed by atoms with van der Waals surface area (Å²) >= 11 is 0. The highest BCUT2D eigenvalue weighted by Crippen LogP contribution is 2.22. The van der Waals surface area contributed by atoms with Crippen molar-refractivity contribution in [2.75, 3.05) is 0 Å². The standard InChI is InChI=1S/C10H22OSi/c1-6-9(10(11)7-2)8-12(3,4)5/h6,9-11H,1,7-8H2,2-5H3. The van der Waals surface area contributed by atoms with Gasteiger partial charge in [0.2, 0.25) is 0 Å². The van der Waals surface area contributed by atoms with Gasteiger partial charge in [0.1, 0.15) is 0 Å². The average molecular weight is 186 g/mol. The third-order valence-electron chi connectivity index (χ3n) is 2.06. The summed E-state index contributed by atoms with van der Waals surface area (Å²) in [7, 11) is -1.05. The van der Waals surface area contributed by atoms with Crippen LogP contribution in [0, 0.1) is 5.92 Å². The van der Waals surface area contributed by atoms with Crippen molar-refractivity contribution in [2.24, 2.45) is 5.92 Å². The van der Waals surface area contributed by atoms with Gasteiger partial charge in [0.25, 0.3) is 0 Å². The van der Waals surface area contributed by atoms with Crippen molar-refractivity contribution in [3.8, 4) is 0 Å². The summed E-state index contributed by atoms with van der Waals surface area (Å²) in [6, 6.07) is 1.14. The predicted molar refractivity (Wildman–Crippen MR) is 58.1 cm³/mol. The van der Waals surface area contributed by atoms with Crippen LogP contribution in [0.2, 0.25) is 25.7 Å². The number of aliphatic hydroxyl groups excluding tert-OH is 1. The first-order valence-electron chi connectivity index (χ1n) is 4.71. The Morgan fingerprint density at radius 3 is 2.17 bits per heavy atom. The number of aliphatic hydroxyl groups is 1. The van der Waals surface area contributed by atoms with Crippen molar-refractivity contribution in [3.05, 3.63) is 12.7 Å². The van der Waals surface area contributed by atoms with E-state index in [2.05, 4.69) is 26.2 Å². The minimum Gasteiger partial charge on any atom is -0.393 e. The van der Waals surface area contributed by atoms with Crippen molar-refractivity contribution in [1.82, 2.24) is 0 Å². The van der Waals surface area contributed by atoms with E-state index in [1.165, 1.54) is 0 Å². The summed E-state index contributed by atoms with van der Waals surface area (Å²) in [6.07, 6.45) is 2.56. The monoisotopic (exact) mass is 186 g/mol. The Morgan fingerprint density at radius 1 is 1.42 bits per heavy atom. The first-order valence-corrected chi connectivity index (χ1v) is 8.42. The Labute approximate surface area is 77.5 Å². The van der Waals surface area contributed by atoms with Gasteiger partial charge in [-0.05, 0) is 12.5 Å². The third kappa shape index (κ3) is 4.73. The van der Waals surface area contributed by atoms with Gasteiger partial charge in [-0.1, -0.05) is 32.6 Å². The number of rotatable bonds is 5. The molecule has 2 atom stereocenters. The van der Waals surface area contributed by atoms with Gasteiger partial charge in [-0.2, -0.15) is 0 Å². The van der Waals surface area contributed by atoms with E-state index < -0.39 is 8.07 Å². The van der Waals surface area contributed by atoms with Crippen molar-refractivity contribution in [3.63, 3.8) is 0 Å². The molecule has 2 heteroatoms. The van der Waals surface area contributed by atoms with E-state index in [1.54, 1.807) is 0 Å². The molecule has 2 unspecified atom stereocenters. The van der Waals surface area contributed by atoms with E-state index in [1.807, 2.05) is 13.0 Å². The molecule has 0 aliphatic heterocycles. The molecule has 0 heterocycles. The van der Waals surface area contributed by atoms with Crippen LogP contribution in [0.5, 0.6) is 0 Å². The van der Waals surface area contributed by atoms with Gasteiger partial charge in [0, 0.05) is 14.0 Å². The summed E-state index contributed by atoms with van der Waals surface area (Å²) in [5, 5.41) is 9.63. The fourth-order valence-electron chi connectivity index (χ4n) is 1.39. The predicted octanol–water partition coefficient (Wildman–Crippen LogP) is 2.90. The van der Waals surface area contributed by atoms with Crippen LogP contribution in [0.25, 0.3) is 0 Å². The highest BCUT2D eigenvalue weighted by molar-refractivity contribution is 6.76. The van der Waals surface area contributed by atoms with Gasteiger partial charge in [0.05, 0.1) is 6.10 Å². The number of hydrogen-bond donors (Lipinski definition) is 1. The first kappa shape index (κ1) is 11.9. The van der Waals surface area contributed by atoms with Crippen LogP contribution in [0.4, 0.5) is 0 Å². The quantitative estimate of drug-likeness (QED) is 0.517. The molecule has 0 aromatic heterocycles. The van der Waals surface area contributed by atoms with Gasteiger partial charge >= 0.3 is 0 Å². The van der Waals surface area contributed by atoms with Crippen LogP contribution in [0.1, 0.15) is 13.3 Å². The summed E-state index contributed by atoms with van der Waals surface area (Å²) in [5.41, 5.74) is 0. The molecule has 0 aliphatic rings. The third-order valence-corrected chi connectivity index (χ3v) is 3.76. The van der Waals surface area contributed by atoms with Gasteiger partial charge in [0.15, 0.2) is 0 Å². The maximum Gasteiger partial charge on any atom is 0.0597 e. The van der Waals surface area contributed by atoms with Crippen LogP contribution in [0.15, 0.2) is 12.7 Å². The largest absolute Gasteiger partial charge is 0.393 e. The Balaban J connectivity index is 4.08. The normalized spacial score (nSPS) is 17.1. The second-order valence-corrected chi connectivity index (χ2v) is 10.2. The molecular weight excluding hydrogens is 164 g/mol. The maximum absolute atomic E-state index is 9.63. The maximum atomic E-state index is 9.63. The zero-order valence-corrected chi connectivity index (χ0v) is 9.80. The molecule has 0 aliphatic carbocycles. The van der Waals surface area contributed by atoms with Crippen LogP contribution in [-0.2, 0) is 0 Å². The lowest BCUT2D eigenvalue weighted by Crippen LogP contribution is -2.29. The van der Waals surface area contributed by atoms with Crippen LogP contribution in [0.3, 0.4) is 0 Å². The highest BCUT2D eigenvalue weighted by atomic mass is 28.3. The van der Waals surface area contributed by atoms with Gasteiger partial charge < -0.3 is 5.11 Å². The van der Waals surface area contributed by atoms with E-state index in [0.29, 0.717) is 5.92 Å². The zero-order chi connectivity index (χ0) is 9.78. The molecule has 0 fully saturated rings. The molecule has 0 amide bonds. The van der Waals surface area contributed by atoms with E-state index >= 15 is 0 Å². The molecule has 0 radical (unpaired) electrons. The van der Waals surface area contributed by atoms with Crippen molar-refractivity contribution in [2.45, 2.75) is 45.1 Å². The Bertz CT molecular complexity index is 137. The molecule has 0 spiro atoms. The second kappa shape index (κ2) is 4.82. The molecule has 1 nitrogen and oxygen atoms in total. The van der Waals surface area contributed by atoms with Crippen LogP contribution < -0.4 is 0 Å². The second-order valence-electron chi connectivity index (χ2n) is 4.64. The lowest BCUT2D eigenvalue weighted by Gasteiger charge is -2.25. The van der Waals surface area contributed by atoms with Gasteiger partial charge in [-0.3, -0.25) is 0 Å². The fraction of sp³-hybridized carbons (Fsp3) is 0.800. The highest BCUT2D eigenvalue weighted by Gasteiger charge is 2.22. The Hall–Kier alpha value is -0.0831. The molecule has 0 rings (SSSR count). The molecule has 0 aromatic carbocycles. The van der Waals surface area contributed by atoms with E-state index in [0.717, 1.165) is 12.5 Å². The van der Waals surface area contributed by atoms with Crippen molar-refractivity contribution < 1.29 is 5.11 Å². The van der Waals surface area contributed by atoms with Crippen LogP contribution in [-0.4, -0.2) is 19.3 Å². The van der Waals surface area contributed by atoms with E-state index in [-0.39, 0.29) is 6.10 Å². The summed E-state index contributed by atoms with van der Waals surface area (Å²) in [4.78, 5) is 0. The van der Waals surface area contributed by atoms with Crippen molar-refractivity contribution >= 4 is 8.07 Å². The molecular formula is C10H22OSi. The fourth-order valence-corrected chi connectivity index (χ4v) is 3.24. The smallest absolute Gasteiger partial charge is 0.0597 e. The molecule has 12 heavy (non-hydrogen) atoms. The van der Waals surface area contributed by atoms with Gasteiger partial charge in [-0.15, -0.1) is 6.58 Å². The first-order chi connectivity index (χ1) is 5.40. The Kier molecular flexibility index (Phi) is 4.79. The molecule has 72 valence electrons. The topological polar surface area (TPSA) is 20.2 Å². The van der Waals surface area contributed by atoms with E-state index in [9.17, 15) is 5.11 Å². The molecule has 0 saturated carbocycles. The van der Waals surface area contributed by atoms with Crippen molar-refractivity contribution in [1.29, 1.82) is 0 Å². The van der Waals surface area contributed by atoms with E-state index in [4.69, 9.17) is 0 Å². The number of hydrogen-bond acceptors (Lipinski definition) is 1. The summed E-state index contributed by atoms with van der Waals surface area (Å²) in [6.45, 7) is 12.8. The van der Waals surface area contributed by atoms with Crippen LogP contribution >= 0.6 is 0 Å².